The van der Waals surface area contributed by atoms with Gasteiger partial charge in [0.15, 0.2) is 0 Å². The molecule has 4 aromatic rings. The highest BCUT2D eigenvalue weighted by molar-refractivity contribution is 6.42. The summed E-state index contributed by atoms with van der Waals surface area (Å²) in [5.74, 6) is 0.873. The number of rotatable bonds is 4. The molecule has 0 bridgehead atoms. The van der Waals surface area contributed by atoms with Crippen molar-refractivity contribution >= 4 is 23.2 Å². The van der Waals surface area contributed by atoms with E-state index in [-0.39, 0.29) is 0 Å². The fourth-order valence-corrected chi connectivity index (χ4v) is 3.17. The molecular weight excluding hydrogens is 365 g/mol. The average molecular weight is 380 g/mol. The first kappa shape index (κ1) is 16.8. The number of aromatic amines is 1. The second-order valence-corrected chi connectivity index (χ2v) is 6.75. The Labute approximate surface area is 161 Å². The molecule has 3 nitrogen and oxygen atoms in total. The molecule has 0 aliphatic heterocycles. The fraction of sp³-hybridized carbons (Fsp3) is 0.0476. The van der Waals surface area contributed by atoms with Crippen molar-refractivity contribution in [2.24, 2.45) is 0 Å². The Balaban J connectivity index is 1.81. The van der Waals surface area contributed by atoms with Crippen molar-refractivity contribution in [1.29, 1.82) is 0 Å². The van der Waals surface area contributed by atoms with Gasteiger partial charge in [0.25, 0.3) is 0 Å². The van der Waals surface area contributed by atoms with Gasteiger partial charge in [-0.1, -0.05) is 65.7 Å². The van der Waals surface area contributed by atoms with Crippen molar-refractivity contribution in [1.82, 2.24) is 15.0 Å². The maximum Gasteiger partial charge on any atom is 0.111 e. The number of halogens is 2. The van der Waals surface area contributed by atoms with E-state index in [1.54, 1.807) is 12.3 Å². The number of imidazole rings is 1. The average Bonchev–Trinajstić information content (AvgIpc) is 3.09. The molecule has 26 heavy (non-hydrogen) atoms. The Hall–Kier alpha value is -2.62. The van der Waals surface area contributed by atoms with Crippen LogP contribution in [0.15, 0.2) is 73.1 Å². The number of nitrogens with zero attached hydrogens (tertiary/aromatic N) is 2. The lowest BCUT2D eigenvalue weighted by Crippen LogP contribution is -1.91. The molecule has 4 rings (SSSR count). The van der Waals surface area contributed by atoms with E-state index in [9.17, 15) is 0 Å². The van der Waals surface area contributed by atoms with Crippen LogP contribution in [-0.4, -0.2) is 15.0 Å². The first-order valence-corrected chi connectivity index (χ1v) is 8.95. The fourth-order valence-electron chi connectivity index (χ4n) is 2.87. The Morgan fingerprint density at radius 3 is 2.42 bits per heavy atom. The molecule has 5 heteroatoms. The summed E-state index contributed by atoms with van der Waals surface area (Å²) in [4.78, 5) is 12.5. The number of nitrogens with one attached hydrogen (secondary N) is 1. The molecule has 0 aliphatic carbocycles. The van der Waals surface area contributed by atoms with Crippen molar-refractivity contribution in [2.45, 2.75) is 6.42 Å². The van der Waals surface area contributed by atoms with Crippen molar-refractivity contribution in [3.8, 4) is 22.5 Å². The van der Waals surface area contributed by atoms with Crippen LogP contribution in [0.1, 0.15) is 11.4 Å². The SMILES string of the molecule is Clc1ccc(-c2nc(Cc3cccnc3)[nH]c2-c2ccccc2)cc1Cl. The van der Waals surface area contributed by atoms with Gasteiger partial charge in [-0.2, -0.15) is 0 Å². The smallest absolute Gasteiger partial charge is 0.111 e. The van der Waals surface area contributed by atoms with E-state index in [1.807, 2.05) is 48.7 Å². The van der Waals surface area contributed by atoms with Crippen LogP contribution in [0, 0.1) is 0 Å². The number of hydrogen-bond donors (Lipinski definition) is 1. The Morgan fingerprint density at radius 1 is 0.846 bits per heavy atom. The summed E-state index contributed by atoms with van der Waals surface area (Å²) >= 11 is 12.3. The van der Waals surface area contributed by atoms with Crippen molar-refractivity contribution in [3.05, 3.63) is 94.5 Å². The summed E-state index contributed by atoms with van der Waals surface area (Å²) in [6.07, 6.45) is 4.29. The quantitative estimate of drug-likeness (QED) is 0.469. The van der Waals surface area contributed by atoms with Crippen LogP contribution < -0.4 is 0 Å². The molecule has 0 saturated heterocycles. The standard InChI is InChI=1S/C21H15Cl2N3/c22-17-9-8-16(12-18(17)23)21-20(15-6-2-1-3-7-15)25-19(26-21)11-14-5-4-10-24-13-14/h1-10,12-13H,11H2,(H,25,26). The van der Waals surface area contributed by atoms with Crippen LogP contribution >= 0.6 is 23.2 Å². The summed E-state index contributed by atoms with van der Waals surface area (Å²) < 4.78 is 0. The van der Waals surface area contributed by atoms with Gasteiger partial charge in [-0.05, 0) is 23.8 Å². The van der Waals surface area contributed by atoms with Gasteiger partial charge in [0, 0.05) is 29.9 Å². The molecule has 0 amide bonds. The zero-order valence-electron chi connectivity index (χ0n) is 13.8. The lowest BCUT2D eigenvalue weighted by atomic mass is 10.1. The van der Waals surface area contributed by atoms with Gasteiger partial charge in [0.05, 0.1) is 21.4 Å². The minimum Gasteiger partial charge on any atom is -0.341 e. The molecule has 2 aromatic carbocycles. The second kappa shape index (κ2) is 7.32. The molecule has 2 aromatic heterocycles. The normalized spacial score (nSPS) is 10.8. The summed E-state index contributed by atoms with van der Waals surface area (Å²) in [5.41, 5.74) is 4.91. The lowest BCUT2D eigenvalue weighted by Gasteiger charge is -2.04. The van der Waals surface area contributed by atoms with E-state index in [1.165, 1.54) is 0 Å². The van der Waals surface area contributed by atoms with E-state index >= 15 is 0 Å². The van der Waals surface area contributed by atoms with E-state index < -0.39 is 0 Å². The van der Waals surface area contributed by atoms with E-state index in [0.29, 0.717) is 16.5 Å². The van der Waals surface area contributed by atoms with Crippen LogP contribution in [0.3, 0.4) is 0 Å². The van der Waals surface area contributed by atoms with Gasteiger partial charge >= 0.3 is 0 Å². The zero-order chi connectivity index (χ0) is 17.9. The van der Waals surface area contributed by atoms with E-state index in [0.717, 1.165) is 33.9 Å². The van der Waals surface area contributed by atoms with Crippen molar-refractivity contribution in [2.75, 3.05) is 0 Å². The highest BCUT2D eigenvalue weighted by Crippen LogP contribution is 2.34. The molecule has 0 aliphatic rings. The zero-order valence-corrected chi connectivity index (χ0v) is 15.3. The molecule has 1 N–H and O–H groups in total. The predicted octanol–water partition coefficient (Wildman–Crippen LogP) is 6.04. The number of pyridine rings is 1. The first-order chi connectivity index (χ1) is 12.7. The predicted molar refractivity (Wildman–Crippen MR) is 107 cm³/mol. The monoisotopic (exact) mass is 379 g/mol. The Kier molecular flexibility index (Phi) is 4.74. The van der Waals surface area contributed by atoms with Crippen LogP contribution in [0.4, 0.5) is 0 Å². The number of hydrogen-bond acceptors (Lipinski definition) is 2. The molecule has 128 valence electrons. The molecule has 0 spiro atoms. The van der Waals surface area contributed by atoms with Crippen LogP contribution in [0.25, 0.3) is 22.5 Å². The number of aromatic nitrogens is 3. The number of benzene rings is 2. The highest BCUT2D eigenvalue weighted by Gasteiger charge is 2.15. The molecule has 0 unspecified atom stereocenters. The molecule has 0 fully saturated rings. The number of H-pyrrole nitrogens is 1. The topological polar surface area (TPSA) is 41.6 Å². The van der Waals surface area contributed by atoms with Crippen LogP contribution in [-0.2, 0) is 6.42 Å². The van der Waals surface area contributed by atoms with Crippen LogP contribution in [0.5, 0.6) is 0 Å². The second-order valence-electron chi connectivity index (χ2n) is 5.94. The molecular formula is C21H15Cl2N3. The Morgan fingerprint density at radius 2 is 1.69 bits per heavy atom. The van der Waals surface area contributed by atoms with Crippen molar-refractivity contribution < 1.29 is 0 Å². The third-order valence-electron chi connectivity index (χ3n) is 4.10. The minimum atomic E-state index is 0.514. The van der Waals surface area contributed by atoms with E-state index in [2.05, 4.69) is 22.1 Å². The third kappa shape index (κ3) is 3.50. The van der Waals surface area contributed by atoms with Gasteiger partial charge in [0.1, 0.15) is 5.82 Å². The molecule has 2 heterocycles. The first-order valence-electron chi connectivity index (χ1n) is 8.19. The summed E-state index contributed by atoms with van der Waals surface area (Å²) in [5, 5.41) is 1.04. The van der Waals surface area contributed by atoms with Gasteiger partial charge in [-0.15, -0.1) is 0 Å². The maximum atomic E-state index is 6.22. The minimum absolute atomic E-state index is 0.514. The van der Waals surface area contributed by atoms with Gasteiger partial charge in [-0.25, -0.2) is 4.98 Å². The molecule has 0 atom stereocenters. The molecule has 0 radical (unpaired) electrons. The van der Waals surface area contributed by atoms with Gasteiger partial charge < -0.3 is 4.98 Å². The third-order valence-corrected chi connectivity index (χ3v) is 4.84. The van der Waals surface area contributed by atoms with E-state index in [4.69, 9.17) is 28.2 Å². The summed E-state index contributed by atoms with van der Waals surface area (Å²) in [7, 11) is 0. The summed E-state index contributed by atoms with van der Waals surface area (Å²) in [6, 6.07) is 19.7. The van der Waals surface area contributed by atoms with Crippen molar-refractivity contribution in [3.63, 3.8) is 0 Å². The maximum absolute atomic E-state index is 6.22. The molecule has 0 saturated carbocycles. The van der Waals surface area contributed by atoms with Gasteiger partial charge in [0.2, 0.25) is 0 Å². The van der Waals surface area contributed by atoms with Gasteiger partial charge in [-0.3, -0.25) is 4.98 Å². The summed E-state index contributed by atoms with van der Waals surface area (Å²) in [6.45, 7) is 0. The largest absolute Gasteiger partial charge is 0.341 e. The lowest BCUT2D eigenvalue weighted by molar-refractivity contribution is 1.02. The Bertz CT molecular complexity index is 1030. The highest BCUT2D eigenvalue weighted by atomic mass is 35.5. The van der Waals surface area contributed by atoms with Crippen LogP contribution in [0.2, 0.25) is 10.0 Å².